The fourth-order valence-corrected chi connectivity index (χ4v) is 5.64. The first-order chi connectivity index (χ1) is 24.9. The van der Waals surface area contributed by atoms with Gasteiger partial charge in [-0.3, -0.25) is 10.1 Å². The third-order valence-electron chi connectivity index (χ3n) is 8.31. The SMILES string of the molecule is COc1ccc(Nc2nc(N/N=C\c3ccc(Oc4ccc([N+](=O)[O-])cc4C#N)c(OC)c3)nc(N3CCC(Cc4ccccc4)CC3)n2)cc1. The van der Waals surface area contributed by atoms with Crippen molar-refractivity contribution in [3.63, 3.8) is 0 Å². The molecule has 1 aliphatic heterocycles. The molecule has 4 aromatic carbocycles. The Kier molecular flexibility index (Phi) is 10.8. The maximum absolute atomic E-state index is 11.1. The van der Waals surface area contributed by atoms with Gasteiger partial charge in [0.2, 0.25) is 17.8 Å². The number of nitriles is 1. The fraction of sp³-hybridized carbons (Fsp3) is 0.216. The fourth-order valence-electron chi connectivity index (χ4n) is 5.64. The number of nitro benzene ring substituents is 1. The Labute approximate surface area is 294 Å². The summed E-state index contributed by atoms with van der Waals surface area (Å²) in [7, 11) is 3.10. The number of non-ortho nitro benzene ring substituents is 1. The van der Waals surface area contributed by atoms with Gasteiger partial charge in [-0.05, 0) is 84.8 Å². The minimum Gasteiger partial charge on any atom is -0.497 e. The molecule has 0 amide bonds. The number of methoxy groups -OCH3 is 2. The Hall–Kier alpha value is -6.75. The summed E-state index contributed by atoms with van der Waals surface area (Å²) in [5, 5.41) is 28.2. The quantitative estimate of drug-likeness (QED) is 0.0732. The van der Waals surface area contributed by atoms with Crippen LogP contribution in [-0.4, -0.2) is 53.4 Å². The summed E-state index contributed by atoms with van der Waals surface area (Å²) < 4.78 is 16.7. The normalized spacial score (nSPS) is 13.0. The van der Waals surface area contributed by atoms with Gasteiger partial charge in [-0.15, -0.1) is 0 Å². The monoisotopic (exact) mass is 685 g/mol. The van der Waals surface area contributed by atoms with Crippen molar-refractivity contribution in [2.75, 3.05) is 43.0 Å². The first kappa shape index (κ1) is 34.1. The van der Waals surface area contributed by atoms with E-state index in [1.807, 2.05) is 36.4 Å². The van der Waals surface area contributed by atoms with Crippen LogP contribution in [0.2, 0.25) is 0 Å². The summed E-state index contributed by atoms with van der Waals surface area (Å²) >= 11 is 0. The number of hydrogen-bond donors (Lipinski definition) is 2. The highest BCUT2D eigenvalue weighted by atomic mass is 16.6. The predicted octanol–water partition coefficient (Wildman–Crippen LogP) is 7.11. The Balaban J connectivity index is 1.17. The average Bonchev–Trinajstić information content (AvgIpc) is 3.16. The predicted molar refractivity (Wildman–Crippen MR) is 193 cm³/mol. The van der Waals surface area contributed by atoms with Gasteiger partial charge in [0.1, 0.15) is 23.1 Å². The Morgan fingerprint density at radius 3 is 2.37 bits per heavy atom. The van der Waals surface area contributed by atoms with Crippen LogP contribution in [0, 0.1) is 27.4 Å². The lowest BCUT2D eigenvalue weighted by molar-refractivity contribution is -0.384. The average molecular weight is 686 g/mol. The largest absolute Gasteiger partial charge is 0.497 e. The zero-order valence-electron chi connectivity index (χ0n) is 28.0. The summed E-state index contributed by atoms with van der Waals surface area (Å²) in [4.78, 5) is 26.7. The van der Waals surface area contributed by atoms with Crippen LogP contribution in [0.4, 0.5) is 29.2 Å². The topological polar surface area (TPSA) is 173 Å². The van der Waals surface area contributed by atoms with Crippen LogP contribution in [0.15, 0.2) is 96.1 Å². The number of piperidine rings is 1. The number of benzene rings is 4. The van der Waals surface area contributed by atoms with Crippen molar-refractivity contribution in [1.82, 2.24) is 15.0 Å². The third kappa shape index (κ3) is 8.84. The van der Waals surface area contributed by atoms with Gasteiger partial charge in [0, 0.05) is 30.9 Å². The van der Waals surface area contributed by atoms with Gasteiger partial charge in [-0.2, -0.15) is 25.3 Å². The van der Waals surface area contributed by atoms with Crippen LogP contribution in [-0.2, 0) is 6.42 Å². The molecule has 51 heavy (non-hydrogen) atoms. The molecule has 14 heteroatoms. The van der Waals surface area contributed by atoms with Gasteiger partial charge in [0.25, 0.3) is 5.69 Å². The lowest BCUT2D eigenvalue weighted by atomic mass is 9.90. The zero-order chi connectivity index (χ0) is 35.6. The maximum atomic E-state index is 11.1. The van der Waals surface area contributed by atoms with E-state index in [0.717, 1.165) is 49.9 Å². The summed E-state index contributed by atoms with van der Waals surface area (Å²) in [5.74, 6) is 3.33. The molecule has 0 radical (unpaired) electrons. The molecule has 0 saturated carbocycles. The van der Waals surface area contributed by atoms with E-state index in [0.29, 0.717) is 34.9 Å². The first-order valence-corrected chi connectivity index (χ1v) is 16.2. The van der Waals surface area contributed by atoms with E-state index in [4.69, 9.17) is 24.2 Å². The minimum absolute atomic E-state index is 0.0233. The highest BCUT2D eigenvalue weighted by molar-refractivity contribution is 5.81. The number of hydrazone groups is 1. The van der Waals surface area contributed by atoms with Gasteiger partial charge in [0.05, 0.1) is 25.4 Å². The van der Waals surface area contributed by atoms with Crippen LogP contribution in [0.1, 0.15) is 29.5 Å². The van der Waals surface area contributed by atoms with Gasteiger partial charge < -0.3 is 24.4 Å². The second-order valence-electron chi connectivity index (χ2n) is 11.7. The summed E-state index contributed by atoms with van der Waals surface area (Å²) in [6.07, 6.45) is 4.67. The van der Waals surface area contributed by atoms with Crippen LogP contribution in [0.3, 0.4) is 0 Å². The molecule has 5 aromatic rings. The van der Waals surface area contributed by atoms with E-state index < -0.39 is 4.92 Å². The zero-order valence-corrected chi connectivity index (χ0v) is 28.0. The van der Waals surface area contributed by atoms with Gasteiger partial charge in [-0.1, -0.05) is 30.3 Å². The minimum atomic E-state index is -0.570. The molecular formula is C37H35N9O5. The molecule has 0 aliphatic carbocycles. The standard InChI is InChI=1S/C37H35N9O5/c1-49-31-12-9-29(10-13-31)40-35-41-36(43-37(42-35)45-18-16-26(17-19-45)20-25-6-4-3-5-7-25)44-39-24-27-8-14-33(34(21-27)50-2)51-32-15-11-30(46(47)48)22-28(32)23-38/h3-15,21-22,24,26H,16-20H2,1-2H3,(H2,40,41,42,43,44)/b39-24-. The van der Waals surface area contributed by atoms with Crippen molar-refractivity contribution >= 4 is 35.4 Å². The number of aromatic nitrogens is 3. The van der Waals surface area contributed by atoms with E-state index in [-0.39, 0.29) is 22.9 Å². The molecule has 14 nitrogen and oxygen atoms in total. The molecule has 0 bridgehead atoms. The van der Waals surface area contributed by atoms with Crippen molar-refractivity contribution in [2.24, 2.45) is 11.0 Å². The molecule has 0 spiro atoms. The highest BCUT2D eigenvalue weighted by Gasteiger charge is 2.23. The van der Waals surface area contributed by atoms with Crippen molar-refractivity contribution in [1.29, 1.82) is 5.26 Å². The number of nitrogens with one attached hydrogen (secondary N) is 2. The number of nitro groups is 1. The van der Waals surface area contributed by atoms with Crippen LogP contribution in [0.25, 0.3) is 0 Å². The molecular weight excluding hydrogens is 650 g/mol. The van der Waals surface area contributed by atoms with Crippen molar-refractivity contribution in [3.05, 3.63) is 118 Å². The molecule has 2 heterocycles. The molecule has 1 aromatic heterocycles. The maximum Gasteiger partial charge on any atom is 0.271 e. The van der Waals surface area contributed by atoms with Crippen LogP contribution in [0.5, 0.6) is 23.0 Å². The number of rotatable bonds is 13. The molecule has 1 aliphatic rings. The second kappa shape index (κ2) is 16.1. The lowest BCUT2D eigenvalue weighted by Crippen LogP contribution is -2.35. The van der Waals surface area contributed by atoms with Crippen molar-refractivity contribution in [2.45, 2.75) is 19.3 Å². The van der Waals surface area contributed by atoms with Gasteiger partial charge >= 0.3 is 0 Å². The van der Waals surface area contributed by atoms with E-state index in [9.17, 15) is 15.4 Å². The molecule has 0 unspecified atom stereocenters. The molecule has 6 rings (SSSR count). The molecule has 0 atom stereocenters. The number of anilines is 4. The van der Waals surface area contributed by atoms with E-state index in [1.165, 1.54) is 24.8 Å². The molecule has 1 fully saturated rings. The number of nitrogens with zero attached hydrogens (tertiary/aromatic N) is 7. The Morgan fingerprint density at radius 1 is 0.922 bits per heavy atom. The second-order valence-corrected chi connectivity index (χ2v) is 11.7. The first-order valence-electron chi connectivity index (χ1n) is 16.2. The van der Waals surface area contributed by atoms with Crippen LogP contribution >= 0.6 is 0 Å². The number of ether oxygens (including phenoxy) is 3. The molecule has 1 saturated heterocycles. The smallest absolute Gasteiger partial charge is 0.271 e. The third-order valence-corrected chi connectivity index (χ3v) is 8.31. The molecule has 2 N–H and O–H groups in total. The summed E-state index contributed by atoms with van der Waals surface area (Å²) in [6, 6.07) is 28.9. The van der Waals surface area contributed by atoms with E-state index >= 15 is 0 Å². The summed E-state index contributed by atoms with van der Waals surface area (Å²) in [5.41, 5.74) is 5.56. The lowest BCUT2D eigenvalue weighted by Gasteiger charge is -2.32. The number of hydrogen-bond acceptors (Lipinski definition) is 13. The van der Waals surface area contributed by atoms with E-state index in [1.54, 1.807) is 31.5 Å². The van der Waals surface area contributed by atoms with Crippen molar-refractivity contribution in [3.8, 4) is 29.1 Å². The Morgan fingerprint density at radius 2 is 1.67 bits per heavy atom. The van der Waals surface area contributed by atoms with Gasteiger partial charge in [0.15, 0.2) is 11.5 Å². The summed E-state index contributed by atoms with van der Waals surface area (Å²) in [6.45, 7) is 1.63. The van der Waals surface area contributed by atoms with Crippen LogP contribution < -0.4 is 29.9 Å². The Bertz CT molecular complexity index is 2040. The van der Waals surface area contributed by atoms with Gasteiger partial charge in [-0.25, -0.2) is 5.43 Å². The highest BCUT2D eigenvalue weighted by Crippen LogP contribution is 2.35. The molecule has 258 valence electrons. The van der Waals surface area contributed by atoms with E-state index in [2.05, 4.69) is 50.0 Å². The van der Waals surface area contributed by atoms with Crippen molar-refractivity contribution < 1.29 is 19.1 Å².